The lowest BCUT2D eigenvalue weighted by Gasteiger charge is -2.00. The fourth-order valence-electron chi connectivity index (χ4n) is 1.68. The van der Waals surface area contributed by atoms with Gasteiger partial charge in [-0.2, -0.15) is 0 Å². The molecule has 0 spiro atoms. The number of hydrogen-bond donors (Lipinski definition) is 2. The van der Waals surface area contributed by atoms with Crippen LogP contribution in [0.25, 0.3) is 10.9 Å². The van der Waals surface area contributed by atoms with Gasteiger partial charge >= 0.3 is 5.97 Å². The van der Waals surface area contributed by atoms with E-state index < -0.39 is 11.8 Å². The van der Waals surface area contributed by atoms with Crippen molar-refractivity contribution in [2.24, 2.45) is 0 Å². The summed E-state index contributed by atoms with van der Waals surface area (Å²) in [6.07, 6.45) is 5.33. The molecule has 0 unspecified atom stereocenters. The van der Waals surface area contributed by atoms with Crippen LogP contribution in [-0.4, -0.2) is 29.3 Å². The summed E-state index contributed by atoms with van der Waals surface area (Å²) in [5, 5.41) is 9.04. The largest absolute Gasteiger partial charge is 0.459 e. The first-order valence-corrected chi connectivity index (χ1v) is 5.23. The summed E-state index contributed by atoms with van der Waals surface area (Å²) in [7, 11) is 0. The van der Waals surface area contributed by atoms with E-state index >= 15 is 0 Å². The second kappa shape index (κ2) is 4.90. The molecule has 0 fully saturated rings. The van der Waals surface area contributed by atoms with Crippen molar-refractivity contribution in [3.05, 3.63) is 35.3 Å². The van der Waals surface area contributed by atoms with Crippen LogP contribution in [0.4, 0.5) is 4.39 Å². The SMILES string of the molecule is C#Cc1c(C(=O)OCCO)[nH]c2ccc(F)cc12. The van der Waals surface area contributed by atoms with Crippen LogP contribution in [0, 0.1) is 18.2 Å². The fraction of sp³-hybridized carbons (Fsp3) is 0.154. The Balaban J connectivity index is 2.51. The number of carbonyl (C=O) groups excluding carboxylic acids is 1. The van der Waals surface area contributed by atoms with E-state index in [4.69, 9.17) is 16.3 Å². The topological polar surface area (TPSA) is 62.3 Å². The molecule has 1 heterocycles. The highest BCUT2D eigenvalue weighted by atomic mass is 19.1. The normalized spacial score (nSPS) is 10.3. The molecule has 1 aromatic heterocycles. The second-order valence-electron chi connectivity index (χ2n) is 3.57. The van der Waals surface area contributed by atoms with Crippen molar-refractivity contribution in [1.82, 2.24) is 4.98 Å². The predicted octanol–water partition coefficient (Wildman–Crippen LogP) is 1.44. The number of fused-ring (bicyclic) bond motifs is 1. The third kappa shape index (κ3) is 2.06. The molecule has 92 valence electrons. The van der Waals surface area contributed by atoms with Crippen molar-refractivity contribution in [3.63, 3.8) is 0 Å². The molecule has 4 nitrogen and oxygen atoms in total. The first-order chi connectivity index (χ1) is 8.67. The third-order valence-electron chi connectivity index (χ3n) is 2.43. The number of benzene rings is 1. The lowest BCUT2D eigenvalue weighted by Crippen LogP contribution is -2.10. The van der Waals surface area contributed by atoms with Gasteiger partial charge in [-0.15, -0.1) is 6.42 Å². The number of aromatic nitrogens is 1. The third-order valence-corrected chi connectivity index (χ3v) is 2.43. The Hall–Kier alpha value is -2.32. The van der Waals surface area contributed by atoms with Gasteiger partial charge in [0.15, 0.2) is 0 Å². The maximum atomic E-state index is 13.1. The molecule has 1 aromatic carbocycles. The number of aliphatic hydroxyl groups is 1. The zero-order valence-electron chi connectivity index (χ0n) is 9.37. The van der Waals surface area contributed by atoms with Crippen LogP contribution in [-0.2, 0) is 4.74 Å². The highest BCUT2D eigenvalue weighted by Crippen LogP contribution is 2.23. The minimum Gasteiger partial charge on any atom is -0.459 e. The number of carbonyl (C=O) groups is 1. The molecule has 0 amide bonds. The van der Waals surface area contributed by atoms with Crippen molar-refractivity contribution in [2.45, 2.75) is 0 Å². The molecule has 0 aliphatic carbocycles. The average molecular weight is 247 g/mol. The molecular weight excluding hydrogens is 237 g/mol. The molecule has 2 aromatic rings. The molecule has 5 heteroatoms. The van der Waals surface area contributed by atoms with Gasteiger partial charge in [0, 0.05) is 10.9 Å². The van der Waals surface area contributed by atoms with Crippen LogP contribution < -0.4 is 0 Å². The summed E-state index contributed by atoms with van der Waals surface area (Å²) in [5.74, 6) is 1.23. The van der Waals surface area contributed by atoms with Crippen LogP contribution >= 0.6 is 0 Å². The predicted molar refractivity (Wildman–Crippen MR) is 63.6 cm³/mol. The molecule has 0 saturated heterocycles. The van der Waals surface area contributed by atoms with Gasteiger partial charge in [0.25, 0.3) is 0 Å². The van der Waals surface area contributed by atoms with Crippen molar-refractivity contribution in [3.8, 4) is 12.3 Å². The van der Waals surface area contributed by atoms with Crippen molar-refractivity contribution in [1.29, 1.82) is 0 Å². The number of rotatable bonds is 3. The van der Waals surface area contributed by atoms with Crippen LogP contribution in [0.3, 0.4) is 0 Å². The Morgan fingerprint density at radius 3 is 3.00 bits per heavy atom. The van der Waals surface area contributed by atoms with Gasteiger partial charge in [0.2, 0.25) is 0 Å². The summed E-state index contributed by atoms with van der Waals surface area (Å²) in [6, 6.07) is 4.01. The molecule has 0 saturated carbocycles. The van der Waals surface area contributed by atoms with E-state index in [1.54, 1.807) is 0 Å². The first-order valence-electron chi connectivity index (χ1n) is 5.23. The smallest absolute Gasteiger partial charge is 0.356 e. The van der Waals surface area contributed by atoms with Gasteiger partial charge in [0.05, 0.1) is 12.2 Å². The number of terminal acetylenes is 1. The van der Waals surface area contributed by atoms with E-state index in [2.05, 4.69) is 10.9 Å². The van der Waals surface area contributed by atoms with Gasteiger partial charge in [-0.05, 0) is 18.2 Å². The zero-order chi connectivity index (χ0) is 13.1. The maximum absolute atomic E-state index is 13.1. The monoisotopic (exact) mass is 247 g/mol. The summed E-state index contributed by atoms with van der Waals surface area (Å²) >= 11 is 0. The summed E-state index contributed by atoms with van der Waals surface area (Å²) < 4.78 is 17.9. The number of hydrogen-bond acceptors (Lipinski definition) is 3. The van der Waals surface area contributed by atoms with Crippen molar-refractivity contribution >= 4 is 16.9 Å². The molecule has 0 atom stereocenters. The number of nitrogens with one attached hydrogen (secondary N) is 1. The summed E-state index contributed by atoms with van der Waals surface area (Å²) in [5.41, 5.74) is 0.902. The maximum Gasteiger partial charge on any atom is 0.356 e. The van der Waals surface area contributed by atoms with Gasteiger partial charge in [0.1, 0.15) is 18.1 Å². The number of aliphatic hydroxyl groups excluding tert-OH is 1. The van der Waals surface area contributed by atoms with Crippen LogP contribution in [0.15, 0.2) is 18.2 Å². The van der Waals surface area contributed by atoms with E-state index in [9.17, 15) is 9.18 Å². The van der Waals surface area contributed by atoms with Crippen molar-refractivity contribution in [2.75, 3.05) is 13.2 Å². The van der Waals surface area contributed by atoms with E-state index in [0.717, 1.165) is 0 Å². The highest BCUT2D eigenvalue weighted by molar-refractivity contribution is 6.00. The molecule has 0 bridgehead atoms. The number of halogens is 1. The Labute approximate surface area is 102 Å². The lowest BCUT2D eigenvalue weighted by atomic mass is 10.1. The Kier molecular flexibility index (Phi) is 3.31. The molecule has 18 heavy (non-hydrogen) atoms. The Bertz CT molecular complexity index is 639. The van der Waals surface area contributed by atoms with E-state index in [1.807, 2.05) is 0 Å². The van der Waals surface area contributed by atoms with E-state index in [0.29, 0.717) is 10.9 Å². The average Bonchev–Trinajstić information content (AvgIpc) is 2.73. The molecule has 2 N–H and O–H groups in total. The summed E-state index contributed by atoms with van der Waals surface area (Å²) in [4.78, 5) is 14.5. The van der Waals surface area contributed by atoms with Gasteiger partial charge < -0.3 is 14.8 Å². The molecule has 0 aliphatic rings. The quantitative estimate of drug-likeness (QED) is 0.637. The Morgan fingerprint density at radius 1 is 1.56 bits per heavy atom. The van der Waals surface area contributed by atoms with Gasteiger partial charge in [-0.1, -0.05) is 5.92 Å². The zero-order valence-corrected chi connectivity index (χ0v) is 9.37. The standard InChI is InChI=1S/C13H10FNO3/c1-2-9-10-7-8(14)3-4-11(10)15-12(9)13(17)18-6-5-16/h1,3-4,7,15-16H,5-6H2. The van der Waals surface area contributed by atoms with Crippen LogP contribution in [0.2, 0.25) is 0 Å². The van der Waals surface area contributed by atoms with Gasteiger partial charge in [-0.25, -0.2) is 9.18 Å². The number of ether oxygens (including phenoxy) is 1. The molecule has 2 rings (SSSR count). The number of aromatic amines is 1. The first kappa shape index (κ1) is 12.1. The minimum absolute atomic E-state index is 0.0894. The minimum atomic E-state index is -0.673. The lowest BCUT2D eigenvalue weighted by molar-refractivity contribution is 0.0428. The second-order valence-corrected chi connectivity index (χ2v) is 3.57. The highest BCUT2D eigenvalue weighted by Gasteiger charge is 2.18. The van der Waals surface area contributed by atoms with Gasteiger partial charge in [-0.3, -0.25) is 0 Å². The summed E-state index contributed by atoms with van der Waals surface area (Å²) in [6.45, 7) is -0.390. The molecular formula is C13H10FNO3. The van der Waals surface area contributed by atoms with Crippen molar-refractivity contribution < 1.29 is 19.0 Å². The van der Waals surface area contributed by atoms with E-state index in [1.165, 1.54) is 18.2 Å². The van der Waals surface area contributed by atoms with Crippen LogP contribution in [0.5, 0.6) is 0 Å². The van der Waals surface area contributed by atoms with Crippen LogP contribution in [0.1, 0.15) is 16.1 Å². The number of esters is 1. The fourth-order valence-corrected chi connectivity index (χ4v) is 1.68. The Morgan fingerprint density at radius 2 is 2.33 bits per heavy atom. The molecule has 0 radical (unpaired) electrons. The molecule has 0 aliphatic heterocycles. The number of H-pyrrole nitrogens is 1. The van der Waals surface area contributed by atoms with E-state index in [-0.39, 0.29) is 24.5 Å².